The number of rotatable bonds is 6. The number of nitrogens with one attached hydrogen (secondary N) is 1. The highest BCUT2D eigenvalue weighted by Gasteiger charge is 2.38. The lowest BCUT2D eigenvalue weighted by Gasteiger charge is -2.21. The van der Waals surface area contributed by atoms with E-state index >= 15 is 0 Å². The highest BCUT2D eigenvalue weighted by Crippen LogP contribution is 2.33. The van der Waals surface area contributed by atoms with Crippen molar-refractivity contribution in [2.45, 2.75) is 70.1 Å². The summed E-state index contributed by atoms with van der Waals surface area (Å²) in [7, 11) is 0. The molecule has 0 spiro atoms. The summed E-state index contributed by atoms with van der Waals surface area (Å²) in [5.74, 6) is 1.10. The molecule has 3 rings (SSSR count). The molecule has 2 fully saturated rings. The van der Waals surface area contributed by atoms with Gasteiger partial charge in [-0.2, -0.15) is 0 Å². The molecule has 19 heavy (non-hydrogen) atoms. The second-order valence-corrected chi connectivity index (χ2v) is 6.40. The molecule has 1 N–H and O–H groups in total. The summed E-state index contributed by atoms with van der Waals surface area (Å²) in [5, 5.41) is 3.80. The number of aryl methyl sites for hydroxylation is 1. The molecular weight excluding hydrogens is 236 g/mol. The smallest absolute Gasteiger partial charge is 0.103 e. The molecule has 0 aromatic carbocycles. The van der Waals surface area contributed by atoms with E-state index in [0.29, 0.717) is 12.1 Å². The predicted molar refractivity (Wildman–Crippen MR) is 77.2 cm³/mol. The third-order valence-corrected chi connectivity index (χ3v) is 4.56. The second kappa shape index (κ2) is 5.68. The van der Waals surface area contributed by atoms with Gasteiger partial charge in [0, 0.05) is 37.1 Å². The first kappa shape index (κ1) is 13.2. The van der Waals surface area contributed by atoms with Crippen LogP contribution in [0.25, 0.3) is 0 Å². The minimum absolute atomic E-state index is 0.571. The van der Waals surface area contributed by atoms with Gasteiger partial charge in [0.15, 0.2) is 0 Å². The summed E-state index contributed by atoms with van der Waals surface area (Å²) in [5.41, 5.74) is 0. The minimum Gasteiger partial charge on any atom is -0.469 e. The van der Waals surface area contributed by atoms with Crippen LogP contribution in [0.2, 0.25) is 0 Å². The van der Waals surface area contributed by atoms with E-state index in [9.17, 15) is 0 Å². The lowest BCUT2D eigenvalue weighted by atomic mass is 10.1. The third kappa shape index (κ3) is 3.40. The minimum atomic E-state index is 0.571. The fourth-order valence-electron chi connectivity index (χ4n) is 3.39. The zero-order valence-corrected chi connectivity index (χ0v) is 12.1. The largest absolute Gasteiger partial charge is 0.469 e. The molecule has 3 heteroatoms. The summed E-state index contributed by atoms with van der Waals surface area (Å²) >= 11 is 0. The number of furan rings is 1. The zero-order chi connectivity index (χ0) is 13.2. The van der Waals surface area contributed by atoms with E-state index in [1.165, 1.54) is 25.8 Å². The maximum Gasteiger partial charge on any atom is 0.103 e. The summed E-state index contributed by atoms with van der Waals surface area (Å²) in [6.45, 7) is 5.93. The molecule has 0 radical (unpaired) electrons. The molecule has 2 heterocycles. The van der Waals surface area contributed by atoms with E-state index in [1.54, 1.807) is 6.26 Å². The first-order valence-corrected chi connectivity index (χ1v) is 7.76. The van der Waals surface area contributed by atoms with Crippen molar-refractivity contribution in [3.8, 4) is 0 Å². The Hall–Kier alpha value is -0.800. The van der Waals surface area contributed by atoms with Gasteiger partial charge in [-0.05, 0) is 51.7 Å². The molecule has 1 saturated carbocycles. The SMILES string of the molecule is CC(CCc1ccco1)NC1CC(C)N(C2CC2)C1. The van der Waals surface area contributed by atoms with Gasteiger partial charge in [-0.3, -0.25) is 4.90 Å². The molecule has 0 amide bonds. The number of nitrogens with zero attached hydrogens (tertiary/aromatic N) is 1. The monoisotopic (exact) mass is 262 g/mol. The Morgan fingerprint density at radius 3 is 3.00 bits per heavy atom. The van der Waals surface area contributed by atoms with Crippen LogP contribution in [-0.2, 0) is 6.42 Å². The molecular formula is C16H26N2O. The van der Waals surface area contributed by atoms with Gasteiger partial charge >= 0.3 is 0 Å². The molecule has 3 atom stereocenters. The zero-order valence-electron chi connectivity index (χ0n) is 12.1. The second-order valence-electron chi connectivity index (χ2n) is 6.40. The van der Waals surface area contributed by atoms with Gasteiger partial charge in [0.1, 0.15) is 5.76 Å². The Morgan fingerprint density at radius 1 is 1.47 bits per heavy atom. The standard InChI is InChI=1S/C16H26N2O/c1-12(5-8-16-4-3-9-19-16)17-14-10-13(2)18(11-14)15-6-7-15/h3-4,9,12-15,17H,5-8,10-11H2,1-2H3. The Morgan fingerprint density at radius 2 is 2.32 bits per heavy atom. The topological polar surface area (TPSA) is 28.4 Å². The van der Waals surface area contributed by atoms with Crippen molar-refractivity contribution in [2.75, 3.05) is 6.54 Å². The van der Waals surface area contributed by atoms with Gasteiger partial charge in [0.25, 0.3) is 0 Å². The molecule has 3 nitrogen and oxygen atoms in total. The summed E-state index contributed by atoms with van der Waals surface area (Å²) in [4.78, 5) is 2.71. The van der Waals surface area contributed by atoms with E-state index < -0.39 is 0 Å². The highest BCUT2D eigenvalue weighted by molar-refractivity contribution is 4.99. The first-order valence-electron chi connectivity index (χ1n) is 7.76. The molecule has 1 aromatic rings. The fourth-order valence-corrected chi connectivity index (χ4v) is 3.39. The van der Waals surface area contributed by atoms with E-state index in [0.717, 1.165) is 30.7 Å². The van der Waals surface area contributed by atoms with Crippen molar-refractivity contribution in [1.82, 2.24) is 10.2 Å². The van der Waals surface area contributed by atoms with Gasteiger partial charge in [-0.25, -0.2) is 0 Å². The van der Waals surface area contributed by atoms with Crippen molar-refractivity contribution in [1.29, 1.82) is 0 Å². The van der Waals surface area contributed by atoms with Crippen LogP contribution in [0, 0.1) is 0 Å². The molecule has 106 valence electrons. The quantitative estimate of drug-likeness (QED) is 0.854. The van der Waals surface area contributed by atoms with Gasteiger partial charge in [-0.15, -0.1) is 0 Å². The first-order chi connectivity index (χ1) is 9.22. The summed E-state index contributed by atoms with van der Waals surface area (Å²) in [6.07, 6.45) is 8.11. The van der Waals surface area contributed by atoms with Gasteiger partial charge in [0.05, 0.1) is 6.26 Å². The molecule has 1 aliphatic carbocycles. The Bertz CT molecular complexity index is 385. The lowest BCUT2D eigenvalue weighted by Crippen LogP contribution is -2.39. The van der Waals surface area contributed by atoms with Crippen molar-refractivity contribution in [3.63, 3.8) is 0 Å². The number of likely N-dealkylation sites (tertiary alicyclic amines) is 1. The van der Waals surface area contributed by atoms with Crippen LogP contribution in [-0.4, -0.2) is 35.6 Å². The van der Waals surface area contributed by atoms with E-state index in [1.807, 2.05) is 6.07 Å². The molecule has 3 unspecified atom stereocenters. The van der Waals surface area contributed by atoms with Crippen molar-refractivity contribution in [3.05, 3.63) is 24.2 Å². The van der Waals surface area contributed by atoms with Crippen molar-refractivity contribution < 1.29 is 4.42 Å². The maximum absolute atomic E-state index is 5.39. The molecule has 1 saturated heterocycles. The Balaban J connectivity index is 1.41. The van der Waals surface area contributed by atoms with Crippen LogP contribution in [0.4, 0.5) is 0 Å². The van der Waals surface area contributed by atoms with Gasteiger partial charge in [0.2, 0.25) is 0 Å². The van der Waals surface area contributed by atoms with E-state index in [4.69, 9.17) is 4.42 Å². The van der Waals surface area contributed by atoms with Crippen LogP contribution in [0.1, 0.15) is 45.3 Å². The van der Waals surface area contributed by atoms with Crippen LogP contribution in [0.15, 0.2) is 22.8 Å². The van der Waals surface area contributed by atoms with Crippen LogP contribution < -0.4 is 5.32 Å². The Kier molecular flexibility index (Phi) is 3.94. The molecule has 2 aliphatic rings. The third-order valence-electron chi connectivity index (χ3n) is 4.56. The average Bonchev–Trinajstić information content (AvgIpc) is 2.96. The molecule has 1 aromatic heterocycles. The van der Waals surface area contributed by atoms with E-state index in [-0.39, 0.29) is 0 Å². The summed E-state index contributed by atoms with van der Waals surface area (Å²) < 4.78 is 5.39. The Labute approximate surface area is 116 Å². The highest BCUT2D eigenvalue weighted by atomic mass is 16.3. The molecule has 1 aliphatic heterocycles. The van der Waals surface area contributed by atoms with Gasteiger partial charge < -0.3 is 9.73 Å². The van der Waals surface area contributed by atoms with Crippen LogP contribution in [0.3, 0.4) is 0 Å². The van der Waals surface area contributed by atoms with E-state index in [2.05, 4.69) is 30.1 Å². The molecule has 0 bridgehead atoms. The average molecular weight is 262 g/mol. The number of hydrogen-bond donors (Lipinski definition) is 1. The fraction of sp³-hybridized carbons (Fsp3) is 0.750. The number of hydrogen-bond acceptors (Lipinski definition) is 3. The van der Waals surface area contributed by atoms with Crippen LogP contribution in [0.5, 0.6) is 0 Å². The predicted octanol–water partition coefficient (Wildman–Crippen LogP) is 2.82. The van der Waals surface area contributed by atoms with Gasteiger partial charge in [-0.1, -0.05) is 0 Å². The lowest BCUT2D eigenvalue weighted by molar-refractivity contribution is 0.254. The maximum atomic E-state index is 5.39. The normalized spacial score (nSPS) is 29.8. The summed E-state index contributed by atoms with van der Waals surface area (Å²) in [6, 6.07) is 6.96. The van der Waals surface area contributed by atoms with Crippen molar-refractivity contribution in [2.24, 2.45) is 0 Å². The van der Waals surface area contributed by atoms with Crippen LogP contribution >= 0.6 is 0 Å². The van der Waals surface area contributed by atoms with Crippen molar-refractivity contribution >= 4 is 0 Å².